The fourth-order valence-electron chi connectivity index (χ4n) is 1.45. The summed E-state index contributed by atoms with van der Waals surface area (Å²) < 4.78 is 0.937. The van der Waals surface area contributed by atoms with Crippen molar-refractivity contribution in [3.63, 3.8) is 0 Å². The second-order valence-corrected chi connectivity index (χ2v) is 7.69. The summed E-state index contributed by atoms with van der Waals surface area (Å²) in [5, 5.41) is 4.45. The van der Waals surface area contributed by atoms with Gasteiger partial charge in [-0.15, -0.1) is 0 Å². The third-order valence-corrected chi connectivity index (χ3v) is 5.05. The normalized spacial score (nSPS) is 18.9. The first-order chi connectivity index (χ1) is 8.97. The monoisotopic (exact) mass is 294 g/mol. The molecule has 1 aromatic rings. The Kier molecular flexibility index (Phi) is 4.58. The topological polar surface area (TPSA) is 41.5 Å². The molecule has 0 saturated carbocycles. The van der Waals surface area contributed by atoms with Gasteiger partial charge in [-0.05, 0) is 5.56 Å². The molecule has 0 bridgehead atoms. The van der Waals surface area contributed by atoms with Crippen LogP contribution >= 0.6 is 23.5 Å². The highest BCUT2D eigenvalue weighted by Gasteiger charge is 2.25. The fourth-order valence-corrected chi connectivity index (χ4v) is 3.69. The second kappa shape index (κ2) is 6.01. The lowest BCUT2D eigenvalue weighted by Crippen LogP contribution is -2.22. The van der Waals surface area contributed by atoms with Crippen molar-refractivity contribution < 1.29 is 4.79 Å². The van der Waals surface area contributed by atoms with E-state index in [1.54, 1.807) is 11.8 Å². The molecule has 0 saturated heterocycles. The number of benzene rings is 1. The molecule has 2 rings (SSSR count). The van der Waals surface area contributed by atoms with E-state index in [0.29, 0.717) is 5.75 Å². The standard InChI is InChI=1S/C14H18N2OS2/c1-14(2,3)11(17)9-18-13-16-15-12(19-13)10-7-5-4-6-8-10/h4-8,12,15H,9H2,1-3H3. The molecule has 0 radical (unpaired) electrons. The van der Waals surface area contributed by atoms with E-state index < -0.39 is 0 Å². The van der Waals surface area contributed by atoms with E-state index in [1.165, 1.54) is 17.3 Å². The quantitative estimate of drug-likeness (QED) is 0.924. The van der Waals surface area contributed by atoms with Crippen molar-refractivity contribution in [2.45, 2.75) is 26.1 Å². The van der Waals surface area contributed by atoms with Crippen LogP contribution in [0, 0.1) is 5.41 Å². The molecule has 19 heavy (non-hydrogen) atoms. The number of thioether (sulfide) groups is 2. The lowest BCUT2D eigenvalue weighted by molar-refractivity contribution is -0.123. The molecule has 102 valence electrons. The van der Waals surface area contributed by atoms with Crippen LogP contribution in [0.5, 0.6) is 0 Å². The number of nitrogens with zero attached hydrogens (tertiary/aromatic N) is 1. The Hall–Kier alpha value is -0.940. The molecule has 1 aliphatic rings. The summed E-state index contributed by atoms with van der Waals surface area (Å²) >= 11 is 3.18. The minimum absolute atomic E-state index is 0.161. The van der Waals surface area contributed by atoms with E-state index in [2.05, 4.69) is 22.7 Å². The molecule has 3 nitrogen and oxygen atoms in total. The predicted octanol–water partition coefficient (Wildman–Crippen LogP) is 3.64. The maximum absolute atomic E-state index is 11.9. The van der Waals surface area contributed by atoms with Gasteiger partial charge >= 0.3 is 0 Å². The summed E-state index contributed by atoms with van der Waals surface area (Å²) in [7, 11) is 0. The van der Waals surface area contributed by atoms with Crippen LogP contribution in [0.3, 0.4) is 0 Å². The van der Waals surface area contributed by atoms with Crippen molar-refractivity contribution in [2.24, 2.45) is 10.5 Å². The molecule has 0 spiro atoms. The maximum Gasteiger partial charge on any atom is 0.152 e. The van der Waals surface area contributed by atoms with Gasteiger partial charge in [0.25, 0.3) is 0 Å². The smallest absolute Gasteiger partial charge is 0.152 e. The Bertz CT molecular complexity index is 480. The van der Waals surface area contributed by atoms with Crippen LogP contribution in [0.15, 0.2) is 35.4 Å². The molecule has 1 aliphatic heterocycles. The van der Waals surface area contributed by atoms with Gasteiger partial charge < -0.3 is 0 Å². The number of carbonyl (C=O) groups is 1. The molecular weight excluding hydrogens is 276 g/mol. The molecular formula is C14H18N2OS2. The van der Waals surface area contributed by atoms with Crippen LogP contribution in [0.4, 0.5) is 0 Å². The van der Waals surface area contributed by atoms with Crippen LogP contribution in [0.25, 0.3) is 0 Å². The molecule has 0 aromatic heterocycles. The van der Waals surface area contributed by atoms with Gasteiger partial charge in [0.2, 0.25) is 0 Å². The summed E-state index contributed by atoms with van der Waals surface area (Å²) in [5.41, 5.74) is 4.03. The van der Waals surface area contributed by atoms with Gasteiger partial charge in [-0.3, -0.25) is 10.2 Å². The lowest BCUT2D eigenvalue weighted by Gasteiger charge is -2.15. The average molecular weight is 294 g/mol. The molecule has 1 heterocycles. The highest BCUT2D eigenvalue weighted by Crippen LogP contribution is 2.36. The van der Waals surface area contributed by atoms with Crippen LogP contribution in [-0.2, 0) is 4.79 Å². The largest absolute Gasteiger partial charge is 0.298 e. The highest BCUT2D eigenvalue weighted by atomic mass is 32.2. The number of rotatable bonds is 3. The fraction of sp³-hybridized carbons (Fsp3) is 0.429. The summed E-state index contributed by atoms with van der Waals surface area (Å²) in [6.45, 7) is 5.85. The predicted molar refractivity (Wildman–Crippen MR) is 84.3 cm³/mol. The van der Waals surface area contributed by atoms with Crippen molar-refractivity contribution in [1.82, 2.24) is 5.43 Å². The summed E-state index contributed by atoms with van der Waals surface area (Å²) in [5.74, 6) is 0.738. The van der Waals surface area contributed by atoms with Gasteiger partial charge in [-0.25, -0.2) is 0 Å². The minimum atomic E-state index is -0.275. The summed E-state index contributed by atoms with van der Waals surface area (Å²) in [6.07, 6.45) is 0. The Morgan fingerprint density at radius 1 is 1.37 bits per heavy atom. The molecule has 0 fully saturated rings. The first kappa shape index (κ1) is 14.5. The van der Waals surface area contributed by atoms with Crippen molar-refractivity contribution in [2.75, 3.05) is 5.75 Å². The Balaban J connectivity index is 1.84. The van der Waals surface area contributed by atoms with E-state index in [-0.39, 0.29) is 16.6 Å². The van der Waals surface area contributed by atoms with Gasteiger partial charge in [0.05, 0.1) is 5.75 Å². The first-order valence-corrected chi connectivity index (χ1v) is 8.04. The van der Waals surface area contributed by atoms with Gasteiger partial charge in [0.15, 0.2) is 4.38 Å². The Morgan fingerprint density at radius 2 is 2.05 bits per heavy atom. The van der Waals surface area contributed by atoms with Crippen LogP contribution in [0.1, 0.15) is 31.7 Å². The Labute approximate surface area is 122 Å². The zero-order chi connectivity index (χ0) is 13.9. The van der Waals surface area contributed by atoms with E-state index >= 15 is 0 Å². The van der Waals surface area contributed by atoms with Crippen molar-refractivity contribution in [1.29, 1.82) is 0 Å². The van der Waals surface area contributed by atoms with Gasteiger partial charge in [0, 0.05) is 5.41 Å². The zero-order valence-corrected chi connectivity index (χ0v) is 13.0. The van der Waals surface area contributed by atoms with E-state index in [9.17, 15) is 4.79 Å². The average Bonchev–Trinajstić information content (AvgIpc) is 2.84. The zero-order valence-electron chi connectivity index (χ0n) is 11.3. The van der Waals surface area contributed by atoms with Crippen molar-refractivity contribution in [3.8, 4) is 0 Å². The molecule has 0 aliphatic carbocycles. The molecule has 5 heteroatoms. The first-order valence-electron chi connectivity index (χ1n) is 6.18. The van der Waals surface area contributed by atoms with Gasteiger partial charge in [0.1, 0.15) is 11.2 Å². The van der Waals surface area contributed by atoms with Crippen LogP contribution < -0.4 is 5.43 Å². The number of Topliss-reactive ketones (excluding diaryl/α,β-unsaturated/α-hetero) is 1. The van der Waals surface area contributed by atoms with Crippen LogP contribution in [0.2, 0.25) is 0 Å². The highest BCUT2D eigenvalue weighted by molar-refractivity contribution is 8.39. The number of ketones is 1. The van der Waals surface area contributed by atoms with Gasteiger partial charge in [-0.1, -0.05) is 74.6 Å². The maximum atomic E-state index is 11.9. The molecule has 1 unspecified atom stereocenters. The SMILES string of the molecule is CC(C)(C)C(=O)CSC1=NNC(c2ccccc2)S1. The number of hydrazone groups is 1. The molecule has 1 N–H and O–H groups in total. The number of nitrogens with one attached hydrogen (secondary N) is 1. The van der Waals surface area contributed by atoms with E-state index in [0.717, 1.165) is 4.38 Å². The van der Waals surface area contributed by atoms with Crippen molar-refractivity contribution >= 4 is 33.7 Å². The lowest BCUT2D eigenvalue weighted by atomic mass is 9.92. The second-order valence-electron chi connectivity index (χ2n) is 5.38. The molecule has 0 amide bonds. The Morgan fingerprint density at radius 3 is 2.68 bits per heavy atom. The number of hydrogen-bond donors (Lipinski definition) is 1. The third-order valence-electron chi connectivity index (χ3n) is 2.76. The molecule has 1 aromatic carbocycles. The minimum Gasteiger partial charge on any atom is -0.298 e. The van der Waals surface area contributed by atoms with Crippen molar-refractivity contribution in [3.05, 3.63) is 35.9 Å². The number of hydrogen-bond acceptors (Lipinski definition) is 5. The summed E-state index contributed by atoms with van der Waals surface area (Å²) in [4.78, 5) is 11.9. The van der Waals surface area contributed by atoms with E-state index in [1.807, 2.05) is 39.0 Å². The third kappa shape index (κ3) is 4.01. The van der Waals surface area contributed by atoms with Gasteiger partial charge in [-0.2, -0.15) is 5.10 Å². The van der Waals surface area contributed by atoms with Crippen LogP contribution in [-0.4, -0.2) is 15.9 Å². The summed E-state index contributed by atoms with van der Waals surface area (Å²) in [6, 6.07) is 10.2. The molecule has 1 atom stereocenters. The van der Waals surface area contributed by atoms with E-state index in [4.69, 9.17) is 0 Å². The number of carbonyl (C=O) groups excluding carboxylic acids is 1.